The van der Waals surface area contributed by atoms with Crippen molar-refractivity contribution in [3.63, 3.8) is 0 Å². The number of thioether (sulfide) groups is 1. The molecule has 2 aromatic carbocycles. The van der Waals surface area contributed by atoms with Crippen LogP contribution in [0.25, 0.3) is 6.08 Å². The second kappa shape index (κ2) is 5.65. The average molecular weight is 313 g/mol. The fraction of sp³-hybridized carbons (Fsp3) is 0.0625. The predicted octanol–water partition coefficient (Wildman–Crippen LogP) is 3.93. The number of carbonyl (C=O) groups excluding carboxylic acids is 1. The van der Waals surface area contributed by atoms with Crippen LogP contribution >= 0.6 is 11.8 Å². The van der Waals surface area contributed by atoms with Crippen molar-refractivity contribution in [1.29, 1.82) is 0 Å². The SMILES string of the molecule is COc1ccc([N+](=O)[O-])cc1/C=C1/Sc2ccccc2C1=O. The lowest BCUT2D eigenvalue weighted by Gasteiger charge is -2.05. The maximum absolute atomic E-state index is 12.4. The van der Waals surface area contributed by atoms with Crippen molar-refractivity contribution in [2.24, 2.45) is 0 Å². The Balaban J connectivity index is 2.05. The van der Waals surface area contributed by atoms with Crippen LogP contribution in [0, 0.1) is 10.1 Å². The molecule has 5 nitrogen and oxygen atoms in total. The molecule has 1 aliphatic heterocycles. The smallest absolute Gasteiger partial charge is 0.270 e. The van der Waals surface area contributed by atoms with Crippen LogP contribution in [0.2, 0.25) is 0 Å². The summed E-state index contributed by atoms with van der Waals surface area (Å²) in [6.45, 7) is 0. The Kier molecular flexibility index (Phi) is 3.68. The van der Waals surface area contributed by atoms with Crippen LogP contribution in [-0.2, 0) is 0 Å². The zero-order valence-electron chi connectivity index (χ0n) is 11.6. The van der Waals surface area contributed by atoms with Crippen molar-refractivity contribution < 1.29 is 14.5 Å². The van der Waals surface area contributed by atoms with Crippen molar-refractivity contribution in [2.45, 2.75) is 4.90 Å². The Morgan fingerprint density at radius 2 is 2.00 bits per heavy atom. The normalized spacial score (nSPS) is 15.0. The molecule has 0 atom stereocenters. The maximum Gasteiger partial charge on any atom is 0.270 e. The molecule has 2 aromatic rings. The molecule has 0 bridgehead atoms. The minimum absolute atomic E-state index is 0.0411. The summed E-state index contributed by atoms with van der Waals surface area (Å²) in [5, 5.41) is 10.9. The number of ketones is 1. The molecule has 3 rings (SSSR count). The second-order valence-corrected chi connectivity index (χ2v) is 5.70. The standard InChI is InChI=1S/C16H11NO4S/c1-21-13-7-6-11(17(19)20)8-10(13)9-15-16(18)12-4-2-3-5-14(12)22-15/h2-9H,1H3/b15-9+. The summed E-state index contributed by atoms with van der Waals surface area (Å²) >= 11 is 1.36. The van der Waals surface area contributed by atoms with Crippen LogP contribution < -0.4 is 4.74 Å². The number of nitrogens with zero attached hydrogens (tertiary/aromatic N) is 1. The summed E-state index contributed by atoms with van der Waals surface area (Å²) < 4.78 is 5.21. The number of hydrogen-bond acceptors (Lipinski definition) is 5. The van der Waals surface area contributed by atoms with Crippen molar-refractivity contribution in [1.82, 2.24) is 0 Å². The molecule has 0 fully saturated rings. The van der Waals surface area contributed by atoms with E-state index in [2.05, 4.69) is 0 Å². The van der Waals surface area contributed by atoms with Crippen molar-refractivity contribution in [2.75, 3.05) is 7.11 Å². The van der Waals surface area contributed by atoms with E-state index in [0.29, 0.717) is 21.8 Å². The molecule has 22 heavy (non-hydrogen) atoms. The van der Waals surface area contributed by atoms with Gasteiger partial charge in [0.15, 0.2) is 0 Å². The molecular formula is C16H11NO4S. The van der Waals surface area contributed by atoms with E-state index in [1.165, 1.54) is 37.1 Å². The second-order valence-electron chi connectivity index (χ2n) is 4.62. The van der Waals surface area contributed by atoms with Crippen LogP contribution in [0.15, 0.2) is 52.3 Å². The molecule has 0 saturated heterocycles. The summed E-state index contributed by atoms with van der Waals surface area (Å²) in [7, 11) is 1.49. The Hall–Kier alpha value is -2.60. The molecule has 0 amide bonds. The number of methoxy groups -OCH3 is 1. The third-order valence-corrected chi connectivity index (χ3v) is 4.39. The average Bonchev–Trinajstić information content (AvgIpc) is 2.84. The minimum Gasteiger partial charge on any atom is -0.496 e. The van der Waals surface area contributed by atoms with Gasteiger partial charge in [0, 0.05) is 28.2 Å². The molecule has 0 saturated carbocycles. The van der Waals surface area contributed by atoms with E-state index >= 15 is 0 Å². The number of rotatable bonds is 3. The first kappa shape index (κ1) is 14.3. The molecule has 0 unspecified atom stereocenters. The van der Waals surface area contributed by atoms with E-state index < -0.39 is 4.92 Å². The third-order valence-electron chi connectivity index (χ3n) is 3.29. The molecule has 6 heteroatoms. The number of benzene rings is 2. The molecule has 0 radical (unpaired) electrons. The number of nitro groups is 1. The van der Waals surface area contributed by atoms with E-state index in [0.717, 1.165) is 4.90 Å². The van der Waals surface area contributed by atoms with Gasteiger partial charge in [0.2, 0.25) is 5.78 Å². The van der Waals surface area contributed by atoms with E-state index in [1.807, 2.05) is 18.2 Å². The van der Waals surface area contributed by atoms with Crippen LogP contribution in [0.4, 0.5) is 5.69 Å². The first-order valence-electron chi connectivity index (χ1n) is 6.46. The third kappa shape index (κ3) is 2.48. The van der Waals surface area contributed by atoms with Gasteiger partial charge in [-0.05, 0) is 24.3 Å². The van der Waals surface area contributed by atoms with Gasteiger partial charge < -0.3 is 4.74 Å². The highest BCUT2D eigenvalue weighted by atomic mass is 32.2. The van der Waals surface area contributed by atoms with Crippen LogP contribution in [0.5, 0.6) is 5.75 Å². The molecular weight excluding hydrogens is 302 g/mol. The van der Waals surface area contributed by atoms with Gasteiger partial charge in [-0.1, -0.05) is 23.9 Å². The molecule has 0 aromatic heterocycles. The Morgan fingerprint density at radius 1 is 1.23 bits per heavy atom. The Bertz CT molecular complexity index is 814. The lowest BCUT2D eigenvalue weighted by molar-refractivity contribution is -0.384. The molecule has 0 N–H and O–H groups in total. The van der Waals surface area contributed by atoms with E-state index in [4.69, 9.17) is 4.74 Å². The van der Waals surface area contributed by atoms with Gasteiger partial charge in [0.05, 0.1) is 16.9 Å². The van der Waals surface area contributed by atoms with E-state index in [9.17, 15) is 14.9 Å². The summed E-state index contributed by atoms with van der Waals surface area (Å²) in [4.78, 5) is 24.2. The van der Waals surface area contributed by atoms with Gasteiger partial charge in [0.25, 0.3) is 5.69 Å². The van der Waals surface area contributed by atoms with Crippen molar-refractivity contribution >= 4 is 29.3 Å². The number of hydrogen-bond donors (Lipinski definition) is 0. The quantitative estimate of drug-likeness (QED) is 0.488. The lowest BCUT2D eigenvalue weighted by Crippen LogP contribution is -1.95. The zero-order chi connectivity index (χ0) is 15.7. The Morgan fingerprint density at radius 3 is 2.68 bits per heavy atom. The number of non-ortho nitro benzene ring substituents is 1. The fourth-order valence-corrected chi connectivity index (χ4v) is 3.27. The number of Topliss-reactive ketones (excluding diaryl/α,β-unsaturated/α-hetero) is 1. The summed E-state index contributed by atoms with van der Waals surface area (Å²) in [6, 6.07) is 11.6. The van der Waals surface area contributed by atoms with Crippen LogP contribution in [-0.4, -0.2) is 17.8 Å². The first-order chi connectivity index (χ1) is 10.6. The largest absolute Gasteiger partial charge is 0.496 e. The van der Waals surface area contributed by atoms with Gasteiger partial charge in [-0.3, -0.25) is 14.9 Å². The van der Waals surface area contributed by atoms with Gasteiger partial charge in [0.1, 0.15) is 5.75 Å². The highest BCUT2D eigenvalue weighted by Crippen LogP contribution is 2.41. The van der Waals surface area contributed by atoms with Gasteiger partial charge in [-0.2, -0.15) is 0 Å². The van der Waals surface area contributed by atoms with Crippen molar-refractivity contribution in [3.05, 3.63) is 68.6 Å². The van der Waals surface area contributed by atoms with Crippen LogP contribution in [0.1, 0.15) is 15.9 Å². The molecule has 0 aliphatic carbocycles. The minimum atomic E-state index is -0.472. The van der Waals surface area contributed by atoms with E-state index in [-0.39, 0.29) is 11.5 Å². The fourth-order valence-electron chi connectivity index (χ4n) is 2.23. The van der Waals surface area contributed by atoms with Gasteiger partial charge in [-0.25, -0.2) is 0 Å². The lowest BCUT2D eigenvalue weighted by atomic mass is 10.1. The number of ether oxygens (including phenoxy) is 1. The highest BCUT2D eigenvalue weighted by molar-refractivity contribution is 8.04. The number of carbonyl (C=O) groups is 1. The first-order valence-corrected chi connectivity index (χ1v) is 7.27. The van der Waals surface area contributed by atoms with Gasteiger partial charge >= 0.3 is 0 Å². The monoisotopic (exact) mass is 313 g/mol. The zero-order valence-corrected chi connectivity index (χ0v) is 12.4. The number of nitro benzene ring substituents is 1. The molecule has 1 aliphatic rings. The molecule has 110 valence electrons. The molecule has 1 heterocycles. The summed E-state index contributed by atoms with van der Waals surface area (Å²) in [5.74, 6) is 0.414. The molecule has 0 spiro atoms. The van der Waals surface area contributed by atoms with E-state index in [1.54, 1.807) is 12.1 Å². The summed E-state index contributed by atoms with van der Waals surface area (Å²) in [6.07, 6.45) is 1.64. The maximum atomic E-state index is 12.4. The topological polar surface area (TPSA) is 69.4 Å². The number of fused-ring (bicyclic) bond motifs is 1. The Labute approximate surface area is 130 Å². The number of allylic oxidation sites excluding steroid dienone is 1. The highest BCUT2D eigenvalue weighted by Gasteiger charge is 2.25. The summed E-state index contributed by atoms with van der Waals surface area (Å²) in [5.41, 5.74) is 1.13. The van der Waals surface area contributed by atoms with Crippen LogP contribution in [0.3, 0.4) is 0 Å². The van der Waals surface area contributed by atoms with Crippen molar-refractivity contribution in [3.8, 4) is 5.75 Å². The van der Waals surface area contributed by atoms with Gasteiger partial charge in [-0.15, -0.1) is 0 Å². The predicted molar refractivity (Wildman–Crippen MR) is 84.3 cm³/mol.